The molecule has 0 spiro atoms. The fourth-order valence-corrected chi connectivity index (χ4v) is 0.812. The Bertz CT molecular complexity index is 142. The summed E-state index contributed by atoms with van der Waals surface area (Å²) < 4.78 is 4.96. The Hall–Kier alpha value is -0.970. The van der Waals surface area contributed by atoms with E-state index in [0.29, 0.717) is 26.3 Å². The largest absolute Gasteiger partial charge is 0.381 e. The number of ether oxygens (including phenoxy) is 1. The van der Waals surface area contributed by atoms with Gasteiger partial charge in [-0.1, -0.05) is 0 Å². The van der Waals surface area contributed by atoms with Crippen molar-refractivity contribution in [3.63, 3.8) is 0 Å². The fraction of sp³-hybridized carbons (Fsp3) is 0.800. The van der Waals surface area contributed by atoms with Gasteiger partial charge < -0.3 is 9.64 Å². The van der Waals surface area contributed by atoms with Crippen LogP contribution in [0.2, 0.25) is 0 Å². The molecule has 56 valence electrons. The Morgan fingerprint density at radius 1 is 1.40 bits per heavy atom. The molecule has 1 fully saturated rings. The predicted octanol–water partition coefficient (Wildman–Crippen LogP) is 0.205. The second kappa shape index (κ2) is 3.26. The molecule has 0 N–H and O–H groups in total. The molecule has 0 unspecified atom stereocenters. The van der Waals surface area contributed by atoms with Gasteiger partial charge in [-0.15, -0.1) is 4.91 Å². The van der Waals surface area contributed by atoms with Gasteiger partial charge in [-0.3, -0.25) is 0 Å². The van der Waals surface area contributed by atoms with E-state index in [1.54, 1.807) is 0 Å². The van der Waals surface area contributed by atoms with Crippen molar-refractivity contribution in [3.8, 4) is 0 Å². The molecule has 1 aliphatic rings. The SMILES string of the molecule is O=NC(=O)N1CCOCC1. The molecule has 0 saturated carbocycles. The predicted molar refractivity (Wildman–Crippen MR) is 33.6 cm³/mol. The first kappa shape index (κ1) is 7.14. The van der Waals surface area contributed by atoms with Crippen molar-refractivity contribution in [1.29, 1.82) is 0 Å². The number of hydrogen-bond acceptors (Lipinski definition) is 3. The Kier molecular flexibility index (Phi) is 2.33. The smallest absolute Gasteiger partial charge is 0.378 e. The third kappa shape index (κ3) is 1.51. The summed E-state index contributed by atoms with van der Waals surface area (Å²) in [6.45, 7) is 1.96. The Morgan fingerprint density at radius 3 is 2.50 bits per heavy atom. The monoisotopic (exact) mass is 144 g/mol. The molecule has 10 heavy (non-hydrogen) atoms. The summed E-state index contributed by atoms with van der Waals surface area (Å²) in [6.07, 6.45) is 0. The van der Waals surface area contributed by atoms with Crippen LogP contribution in [0.1, 0.15) is 0 Å². The van der Waals surface area contributed by atoms with E-state index in [-0.39, 0.29) is 0 Å². The van der Waals surface area contributed by atoms with Crippen LogP contribution in [0, 0.1) is 4.91 Å². The lowest BCUT2D eigenvalue weighted by molar-refractivity contribution is 0.0554. The molecule has 1 heterocycles. The summed E-state index contributed by atoms with van der Waals surface area (Å²) in [4.78, 5) is 21.7. The van der Waals surface area contributed by atoms with Crippen molar-refractivity contribution >= 4 is 6.03 Å². The van der Waals surface area contributed by atoms with Crippen molar-refractivity contribution < 1.29 is 9.53 Å². The highest BCUT2D eigenvalue weighted by Crippen LogP contribution is 1.98. The lowest BCUT2D eigenvalue weighted by atomic mass is 10.4. The van der Waals surface area contributed by atoms with Crippen LogP contribution in [-0.4, -0.2) is 37.2 Å². The van der Waals surface area contributed by atoms with E-state index in [0.717, 1.165) is 0 Å². The summed E-state index contributed by atoms with van der Waals surface area (Å²) in [7, 11) is 0. The first-order chi connectivity index (χ1) is 4.84. The summed E-state index contributed by atoms with van der Waals surface area (Å²) in [5, 5.41) is 2.29. The molecule has 0 bridgehead atoms. The Morgan fingerprint density at radius 2 is 2.00 bits per heavy atom. The zero-order valence-corrected chi connectivity index (χ0v) is 5.45. The van der Waals surface area contributed by atoms with Crippen LogP contribution in [0.3, 0.4) is 0 Å². The number of nitroso groups, excluding NO2 is 1. The molecule has 0 radical (unpaired) electrons. The van der Waals surface area contributed by atoms with Crippen LogP contribution < -0.4 is 0 Å². The number of nitrogens with zero attached hydrogens (tertiary/aromatic N) is 2. The van der Waals surface area contributed by atoms with Gasteiger partial charge >= 0.3 is 6.03 Å². The third-order valence-corrected chi connectivity index (χ3v) is 1.36. The van der Waals surface area contributed by atoms with Gasteiger partial charge in [0.25, 0.3) is 0 Å². The van der Waals surface area contributed by atoms with Gasteiger partial charge in [-0.2, -0.15) is 0 Å². The average Bonchev–Trinajstić information content (AvgIpc) is 2.05. The maximum atomic E-state index is 10.6. The zero-order valence-electron chi connectivity index (χ0n) is 5.45. The van der Waals surface area contributed by atoms with E-state index in [1.807, 2.05) is 0 Å². The van der Waals surface area contributed by atoms with Crippen molar-refractivity contribution in [2.75, 3.05) is 26.3 Å². The number of carbonyl (C=O) groups is 1. The molecule has 5 heteroatoms. The quantitative estimate of drug-likeness (QED) is 0.456. The number of morpholine rings is 1. The van der Waals surface area contributed by atoms with Crippen molar-refractivity contribution in [2.24, 2.45) is 5.18 Å². The van der Waals surface area contributed by atoms with Gasteiger partial charge in [-0.25, -0.2) is 4.79 Å². The molecule has 0 aromatic carbocycles. The second-order valence-electron chi connectivity index (χ2n) is 1.97. The maximum absolute atomic E-state index is 10.6. The van der Waals surface area contributed by atoms with E-state index in [9.17, 15) is 9.70 Å². The van der Waals surface area contributed by atoms with Gasteiger partial charge in [0.1, 0.15) is 0 Å². The van der Waals surface area contributed by atoms with Crippen molar-refractivity contribution in [2.45, 2.75) is 0 Å². The van der Waals surface area contributed by atoms with Crippen molar-refractivity contribution in [1.82, 2.24) is 4.90 Å². The second-order valence-corrected chi connectivity index (χ2v) is 1.97. The molecule has 1 rings (SSSR count). The number of hydrogen-bond donors (Lipinski definition) is 0. The first-order valence-corrected chi connectivity index (χ1v) is 3.04. The molecule has 0 aromatic heterocycles. The number of urea groups is 1. The van der Waals surface area contributed by atoms with E-state index in [4.69, 9.17) is 4.74 Å². The van der Waals surface area contributed by atoms with Gasteiger partial charge in [0.15, 0.2) is 0 Å². The zero-order chi connectivity index (χ0) is 7.40. The van der Waals surface area contributed by atoms with E-state index in [1.165, 1.54) is 4.90 Å². The molecular formula is C5H8N2O3. The average molecular weight is 144 g/mol. The van der Waals surface area contributed by atoms with Gasteiger partial charge in [-0.05, 0) is 0 Å². The van der Waals surface area contributed by atoms with E-state index >= 15 is 0 Å². The van der Waals surface area contributed by atoms with Crippen LogP contribution in [0.5, 0.6) is 0 Å². The molecule has 0 aromatic rings. The van der Waals surface area contributed by atoms with Gasteiger partial charge in [0.05, 0.1) is 13.2 Å². The molecular weight excluding hydrogens is 136 g/mol. The Balaban J connectivity index is 2.38. The minimum Gasteiger partial charge on any atom is -0.378 e. The van der Waals surface area contributed by atoms with Crippen molar-refractivity contribution in [3.05, 3.63) is 4.91 Å². The summed E-state index contributed by atoms with van der Waals surface area (Å²) in [5.41, 5.74) is 0. The normalized spacial score (nSPS) is 18.6. The lowest BCUT2D eigenvalue weighted by Gasteiger charge is -2.23. The highest BCUT2D eigenvalue weighted by Gasteiger charge is 2.16. The summed E-state index contributed by atoms with van der Waals surface area (Å²) in [5.74, 6) is 0. The van der Waals surface area contributed by atoms with Crippen LogP contribution in [0.15, 0.2) is 5.18 Å². The molecule has 1 aliphatic heterocycles. The summed E-state index contributed by atoms with van der Waals surface area (Å²) >= 11 is 0. The highest BCUT2D eigenvalue weighted by molar-refractivity contribution is 5.74. The molecule has 5 nitrogen and oxygen atoms in total. The Labute approximate surface area is 57.9 Å². The van der Waals surface area contributed by atoms with Gasteiger partial charge in [0.2, 0.25) is 0 Å². The standard InChI is InChI=1S/C5H8N2O3/c8-5(6-9)7-1-3-10-4-2-7/h1-4H2. The molecule has 0 aliphatic carbocycles. The highest BCUT2D eigenvalue weighted by atomic mass is 16.5. The van der Waals surface area contributed by atoms with Crippen LogP contribution >= 0.6 is 0 Å². The fourth-order valence-electron chi connectivity index (χ4n) is 0.812. The minimum absolute atomic E-state index is 0.477. The maximum Gasteiger partial charge on any atom is 0.381 e. The molecule has 0 atom stereocenters. The first-order valence-electron chi connectivity index (χ1n) is 3.04. The van der Waals surface area contributed by atoms with E-state index < -0.39 is 6.03 Å². The number of rotatable bonds is 0. The van der Waals surface area contributed by atoms with Gasteiger partial charge in [0, 0.05) is 18.3 Å². The topological polar surface area (TPSA) is 59.0 Å². The van der Waals surface area contributed by atoms with Crippen LogP contribution in [0.4, 0.5) is 4.79 Å². The van der Waals surface area contributed by atoms with Crippen LogP contribution in [-0.2, 0) is 4.74 Å². The van der Waals surface area contributed by atoms with Crippen LogP contribution in [0.25, 0.3) is 0 Å². The third-order valence-electron chi connectivity index (χ3n) is 1.36. The summed E-state index contributed by atoms with van der Waals surface area (Å²) in [6, 6.07) is -0.691. The van der Waals surface area contributed by atoms with E-state index in [2.05, 4.69) is 5.18 Å². The molecule has 1 saturated heterocycles. The number of carbonyl (C=O) groups excluding carboxylic acids is 1. The minimum atomic E-state index is -0.691. The number of amides is 2. The molecule has 2 amide bonds. The lowest BCUT2D eigenvalue weighted by Crippen LogP contribution is -2.38.